The Morgan fingerprint density at radius 1 is 1.20 bits per heavy atom. The van der Waals surface area contributed by atoms with Crippen LogP contribution in [0.15, 0.2) is 34.8 Å². The molecule has 1 unspecified atom stereocenters. The molecular formula is C16H18BrN3. The second kappa shape index (κ2) is 6.02. The summed E-state index contributed by atoms with van der Waals surface area (Å²) in [5.74, 6) is 0.930. The Morgan fingerprint density at radius 3 is 2.85 bits per heavy atom. The second-order valence-electron chi connectivity index (χ2n) is 5.27. The molecule has 0 spiro atoms. The van der Waals surface area contributed by atoms with Gasteiger partial charge in [-0.15, -0.1) is 0 Å². The van der Waals surface area contributed by atoms with Gasteiger partial charge < -0.3 is 5.32 Å². The molecule has 3 rings (SSSR count). The van der Waals surface area contributed by atoms with Crippen molar-refractivity contribution in [1.82, 2.24) is 15.3 Å². The summed E-state index contributed by atoms with van der Waals surface area (Å²) < 4.78 is 1.07. The first-order valence-corrected chi connectivity index (χ1v) is 7.86. The fourth-order valence-electron chi connectivity index (χ4n) is 2.62. The third-order valence-electron chi connectivity index (χ3n) is 3.61. The average Bonchev–Trinajstić information content (AvgIpc) is 2.47. The molecule has 0 bridgehead atoms. The van der Waals surface area contributed by atoms with Crippen molar-refractivity contribution in [3.63, 3.8) is 0 Å². The molecule has 1 aromatic carbocycles. The molecule has 1 aliphatic rings. The number of hydrogen-bond acceptors (Lipinski definition) is 3. The van der Waals surface area contributed by atoms with E-state index in [4.69, 9.17) is 4.98 Å². The minimum atomic E-state index is 0.301. The Bertz CT molecular complexity index is 606. The number of aromatic nitrogens is 2. The summed E-state index contributed by atoms with van der Waals surface area (Å²) in [5.41, 5.74) is 3.15. The average molecular weight is 332 g/mol. The van der Waals surface area contributed by atoms with Crippen LogP contribution in [0, 0.1) is 6.92 Å². The lowest BCUT2D eigenvalue weighted by molar-refractivity contribution is 0.397. The van der Waals surface area contributed by atoms with Gasteiger partial charge in [-0.25, -0.2) is 9.97 Å². The summed E-state index contributed by atoms with van der Waals surface area (Å²) in [7, 11) is 0. The van der Waals surface area contributed by atoms with Crippen LogP contribution in [0.25, 0.3) is 11.3 Å². The molecule has 1 atom stereocenters. The first kappa shape index (κ1) is 13.7. The molecule has 0 saturated carbocycles. The molecule has 0 aliphatic carbocycles. The summed E-state index contributed by atoms with van der Waals surface area (Å²) in [6.07, 6.45) is 3.63. The maximum atomic E-state index is 4.77. The van der Waals surface area contributed by atoms with Crippen molar-refractivity contribution in [2.75, 3.05) is 6.54 Å². The number of halogens is 1. The van der Waals surface area contributed by atoms with Gasteiger partial charge in [-0.1, -0.05) is 34.5 Å². The summed E-state index contributed by atoms with van der Waals surface area (Å²) in [6.45, 7) is 3.10. The van der Waals surface area contributed by atoms with Crippen molar-refractivity contribution in [3.8, 4) is 11.3 Å². The lowest BCUT2D eigenvalue weighted by atomic mass is 10.0. The van der Waals surface area contributed by atoms with Gasteiger partial charge in [-0.2, -0.15) is 0 Å². The van der Waals surface area contributed by atoms with Crippen LogP contribution in [0.5, 0.6) is 0 Å². The highest BCUT2D eigenvalue weighted by Crippen LogP contribution is 2.25. The van der Waals surface area contributed by atoms with Crippen LogP contribution in [0.4, 0.5) is 0 Å². The van der Waals surface area contributed by atoms with Gasteiger partial charge in [-0.3, -0.25) is 0 Å². The summed E-state index contributed by atoms with van der Waals surface area (Å²) in [4.78, 5) is 9.39. The van der Waals surface area contributed by atoms with Crippen molar-refractivity contribution in [2.24, 2.45) is 0 Å². The highest BCUT2D eigenvalue weighted by molar-refractivity contribution is 9.10. The number of nitrogens with zero attached hydrogens (tertiary/aromatic N) is 2. The molecule has 1 saturated heterocycles. The zero-order valence-electron chi connectivity index (χ0n) is 11.6. The molecule has 1 aromatic heterocycles. The Balaban J connectivity index is 1.97. The van der Waals surface area contributed by atoms with Crippen molar-refractivity contribution in [3.05, 3.63) is 46.3 Å². The third kappa shape index (κ3) is 3.07. The molecule has 3 nitrogen and oxygen atoms in total. The lowest BCUT2D eigenvalue weighted by Crippen LogP contribution is -2.28. The van der Waals surface area contributed by atoms with Crippen molar-refractivity contribution >= 4 is 15.9 Å². The van der Waals surface area contributed by atoms with Gasteiger partial charge in [0.1, 0.15) is 5.82 Å². The number of rotatable bonds is 2. The van der Waals surface area contributed by atoms with E-state index < -0.39 is 0 Å². The molecule has 2 aromatic rings. The maximum absolute atomic E-state index is 4.77. The molecule has 104 valence electrons. The Morgan fingerprint density at radius 2 is 2.10 bits per heavy atom. The van der Waals surface area contributed by atoms with E-state index in [0.717, 1.165) is 40.2 Å². The predicted octanol–water partition coefficient (Wildman–Crippen LogP) is 4.03. The quantitative estimate of drug-likeness (QED) is 0.902. The van der Waals surface area contributed by atoms with Crippen LogP contribution in [-0.4, -0.2) is 16.5 Å². The minimum absolute atomic E-state index is 0.301. The molecule has 1 fully saturated rings. The van der Waals surface area contributed by atoms with Crippen LogP contribution in [-0.2, 0) is 0 Å². The number of aryl methyl sites for hydroxylation is 1. The van der Waals surface area contributed by atoms with Gasteiger partial charge in [0.2, 0.25) is 0 Å². The van der Waals surface area contributed by atoms with Crippen LogP contribution in [0.3, 0.4) is 0 Å². The van der Waals surface area contributed by atoms with E-state index in [2.05, 4.69) is 38.4 Å². The molecular weight excluding hydrogens is 314 g/mol. The van der Waals surface area contributed by atoms with Crippen LogP contribution in [0.1, 0.15) is 36.8 Å². The molecule has 1 N–H and O–H groups in total. The number of hydrogen-bond donors (Lipinski definition) is 1. The Kier molecular flexibility index (Phi) is 4.13. The van der Waals surface area contributed by atoms with E-state index in [0.29, 0.717) is 6.04 Å². The second-order valence-corrected chi connectivity index (χ2v) is 6.18. The van der Waals surface area contributed by atoms with Gasteiger partial charge in [0.05, 0.1) is 11.7 Å². The fraction of sp³-hybridized carbons (Fsp3) is 0.375. The molecule has 0 radical (unpaired) electrons. The normalized spacial score (nSPS) is 19.0. The summed E-state index contributed by atoms with van der Waals surface area (Å²) in [5, 5.41) is 3.52. The van der Waals surface area contributed by atoms with E-state index in [1.165, 1.54) is 12.8 Å². The van der Waals surface area contributed by atoms with E-state index in [1.807, 2.05) is 25.1 Å². The number of piperidine rings is 1. The predicted molar refractivity (Wildman–Crippen MR) is 84.5 cm³/mol. The molecule has 2 heterocycles. The Hall–Kier alpha value is -1.26. The van der Waals surface area contributed by atoms with Crippen LogP contribution >= 0.6 is 15.9 Å². The van der Waals surface area contributed by atoms with E-state index in [9.17, 15) is 0 Å². The summed E-state index contributed by atoms with van der Waals surface area (Å²) >= 11 is 3.52. The van der Waals surface area contributed by atoms with Gasteiger partial charge in [0.25, 0.3) is 0 Å². The number of nitrogens with one attached hydrogen (secondary N) is 1. The van der Waals surface area contributed by atoms with Crippen molar-refractivity contribution < 1.29 is 0 Å². The molecule has 4 heteroatoms. The zero-order valence-corrected chi connectivity index (χ0v) is 13.2. The smallest absolute Gasteiger partial charge is 0.146 e. The third-order valence-corrected chi connectivity index (χ3v) is 4.11. The monoisotopic (exact) mass is 331 g/mol. The van der Waals surface area contributed by atoms with Crippen LogP contribution in [0.2, 0.25) is 0 Å². The van der Waals surface area contributed by atoms with Gasteiger partial charge in [-0.05, 0) is 44.5 Å². The minimum Gasteiger partial charge on any atom is -0.307 e. The van der Waals surface area contributed by atoms with Gasteiger partial charge in [0.15, 0.2) is 0 Å². The Labute approximate surface area is 128 Å². The van der Waals surface area contributed by atoms with Gasteiger partial charge in [0, 0.05) is 15.7 Å². The highest BCUT2D eigenvalue weighted by Gasteiger charge is 2.18. The van der Waals surface area contributed by atoms with Gasteiger partial charge >= 0.3 is 0 Å². The number of benzene rings is 1. The highest BCUT2D eigenvalue weighted by atomic mass is 79.9. The van der Waals surface area contributed by atoms with E-state index >= 15 is 0 Å². The largest absolute Gasteiger partial charge is 0.307 e. The SMILES string of the molecule is Cc1cc(-c2cccc(Br)c2)nc(C2CCCCN2)n1. The lowest BCUT2D eigenvalue weighted by Gasteiger charge is -2.22. The molecule has 0 amide bonds. The zero-order chi connectivity index (χ0) is 13.9. The summed E-state index contributed by atoms with van der Waals surface area (Å²) in [6, 6.07) is 10.6. The maximum Gasteiger partial charge on any atom is 0.146 e. The van der Waals surface area contributed by atoms with Crippen LogP contribution < -0.4 is 5.32 Å². The first-order chi connectivity index (χ1) is 9.72. The van der Waals surface area contributed by atoms with Crippen molar-refractivity contribution in [2.45, 2.75) is 32.2 Å². The van der Waals surface area contributed by atoms with Crippen molar-refractivity contribution in [1.29, 1.82) is 0 Å². The van der Waals surface area contributed by atoms with E-state index in [-0.39, 0.29) is 0 Å². The standard InChI is InChI=1S/C16H18BrN3/c1-11-9-15(12-5-4-6-13(17)10-12)20-16(19-11)14-7-2-3-8-18-14/h4-6,9-10,14,18H,2-3,7-8H2,1H3. The topological polar surface area (TPSA) is 37.8 Å². The van der Waals surface area contributed by atoms with E-state index in [1.54, 1.807) is 0 Å². The fourth-order valence-corrected chi connectivity index (χ4v) is 3.01. The molecule has 1 aliphatic heterocycles. The first-order valence-electron chi connectivity index (χ1n) is 7.07. The molecule has 20 heavy (non-hydrogen) atoms.